The molecule has 104 valence electrons. The molecule has 0 heterocycles. The van der Waals surface area contributed by atoms with Crippen LogP contribution in [-0.4, -0.2) is 48.6 Å². The predicted octanol–water partition coefficient (Wildman–Crippen LogP) is 0.0299. The van der Waals surface area contributed by atoms with Crippen molar-refractivity contribution in [3.05, 3.63) is 12.7 Å². The first-order valence-corrected chi connectivity index (χ1v) is 5.70. The summed E-state index contributed by atoms with van der Waals surface area (Å²) in [5.41, 5.74) is -1.18. The summed E-state index contributed by atoms with van der Waals surface area (Å²) < 4.78 is 9.68. The molecule has 0 unspecified atom stereocenters. The molecule has 0 saturated carbocycles. The molecule has 0 rings (SSSR count). The van der Waals surface area contributed by atoms with Crippen LogP contribution in [0.15, 0.2) is 12.7 Å². The zero-order valence-electron chi connectivity index (χ0n) is 10.6. The van der Waals surface area contributed by atoms with Crippen LogP contribution in [0, 0.1) is 5.41 Å². The highest BCUT2D eigenvalue weighted by Crippen LogP contribution is 2.17. The fourth-order valence-electron chi connectivity index (χ4n) is 1.07. The van der Waals surface area contributed by atoms with Crippen molar-refractivity contribution in [1.82, 2.24) is 0 Å². The minimum Gasteiger partial charge on any atom is -0.465 e. The van der Waals surface area contributed by atoms with E-state index in [0.717, 1.165) is 6.08 Å². The first-order valence-electron chi connectivity index (χ1n) is 5.70. The average molecular weight is 260 g/mol. The highest BCUT2D eigenvalue weighted by molar-refractivity contribution is 5.81. The normalized spacial score (nSPS) is 10.8. The molecule has 0 aromatic heterocycles. The summed E-state index contributed by atoms with van der Waals surface area (Å²) in [7, 11) is 0. The second-order valence-electron chi connectivity index (χ2n) is 4.04. The van der Waals surface area contributed by atoms with E-state index < -0.39 is 30.6 Å². The number of esters is 2. The molecule has 0 aliphatic rings. The number of hydrogen-bond acceptors (Lipinski definition) is 6. The van der Waals surface area contributed by atoms with E-state index in [-0.39, 0.29) is 19.6 Å². The van der Waals surface area contributed by atoms with Gasteiger partial charge >= 0.3 is 11.9 Å². The minimum atomic E-state index is -1.18. The van der Waals surface area contributed by atoms with Gasteiger partial charge in [0.25, 0.3) is 0 Å². The Bertz CT molecular complexity index is 282. The number of rotatable bonds is 9. The van der Waals surface area contributed by atoms with Crippen molar-refractivity contribution in [2.45, 2.75) is 19.8 Å². The van der Waals surface area contributed by atoms with Gasteiger partial charge in [0.1, 0.15) is 13.2 Å². The van der Waals surface area contributed by atoms with Crippen molar-refractivity contribution in [2.75, 3.05) is 26.4 Å². The Morgan fingerprint density at radius 2 is 1.78 bits per heavy atom. The Morgan fingerprint density at radius 3 is 2.22 bits per heavy atom. The van der Waals surface area contributed by atoms with Crippen molar-refractivity contribution < 1.29 is 29.3 Å². The molecule has 0 aromatic rings. The summed E-state index contributed by atoms with van der Waals surface area (Å²) >= 11 is 0. The summed E-state index contributed by atoms with van der Waals surface area (Å²) in [6, 6.07) is 0. The van der Waals surface area contributed by atoms with E-state index in [4.69, 9.17) is 9.47 Å². The molecule has 0 aliphatic heterocycles. The summed E-state index contributed by atoms with van der Waals surface area (Å²) in [6.45, 7) is 3.68. The molecule has 0 aliphatic carbocycles. The number of aliphatic hydroxyl groups excluding tert-OH is 2. The molecule has 0 atom stereocenters. The third-order valence-corrected chi connectivity index (χ3v) is 2.35. The van der Waals surface area contributed by atoms with Gasteiger partial charge in [0, 0.05) is 12.5 Å². The first kappa shape index (κ1) is 16.6. The monoisotopic (exact) mass is 260 g/mol. The van der Waals surface area contributed by atoms with Crippen molar-refractivity contribution in [1.29, 1.82) is 0 Å². The Labute approximate surface area is 106 Å². The van der Waals surface area contributed by atoms with Crippen LogP contribution < -0.4 is 0 Å². The zero-order valence-corrected chi connectivity index (χ0v) is 10.6. The van der Waals surface area contributed by atoms with Crippen LogP contribution >= 0.6 is 0 Å². The lowest BCUT2D eigenvalue weighted by Gasteiger charge is -2.28. The number of hydrogen-bond donors (Lipinski definition) is 2. The van der Waals surface area contributed by atoms with Gasteiger partial charge in [0.2, 0.25) is 0 Å². The fourth-order valence-corrected chi connectivity index (χ4v) is 1.07. The first-order chi connectivity index (χ1) is 8.53. The minimum absolute atomic E-state index is 0.205. The van der Waals surface area contributed by atoms with Crippen LogP contribution in [-0.2, 0) is 19.1 Å². The van der Waals surface area contributed by atoms with E-state index in [1.165, 1.54) is 0 Å². The molecule has 18 heavy (non-hydrogen) atoms. The van der Waals surface area contributed by atoms with E-state index in [0.29, 0.717) is 6.42 Å². The molecule has 0 amide bonds. The molecule has 0 aromatic carbocycles. The van der Waals surface area contributed by atoms with Crippen molar-refractivity contribution >= 4 is 11.9 Å². The van der Waals surface area contributed by atoms with E-state index in [1.54, 1.807) is 0 Å². The molecule has 6 nitrogen and oxygen atoms in total. The molecule has 0 spiro atoms. The summed E-state index contributed by atoms with van der Waals surface area (Å²) in [5.74, 6) is -1.08. The average Bonchev–Trinajstić information content (AvgIpc) is 2.39. The van der Waals surface area contributed by atoms with Crippen molar-refractivity contribution in [2.24, 2.45) is 5.41 Å². The Balaban J connectivity index is 4.36. The second kappa shape index (κ2) is 8.66. The number of ether oxygens (including phenoxy) is 2. The standard InChI is InChI=1S/C12H20O6/c1-3-5-11(16)18-9-12(6-13,7-14)8-17-10(15)4-2/h4,13-14H,2-3,5-9H2,1H3. The molecule has 0 fully saturated rings. The molecular weight excluding hydrogens is 240 g/mol. The smallest absolute Gasteiger partial charge is 0.330 e. The van der Waals surface area contributed by atoms with Crippen LogP contribution in [0.5, 0.6) is 0 Å². The zero-order chi connectivity index (χ0) is 14.0. The quantitative estimate of drug-likeness (QED) is 0.449. The Hall–Kier alpha value is -1.40. The van der Waals surface area contributed by atoms with E-state index in [2.05, 4.69) is 6.58 Å². The summed E-state index contributed by atoms with van der Waals surface area (Å²) in [4.78, 5) is 22.1. The Morgan fingerprint density at radius 1 is 1.22 bits per heavy atom. The van der Waals surface area contributed by atoms with E-state index in [1.807, 2.05) is 6.92 Å². The largest absolute Gasteiger partial charge is 0.465 e. The molecule has 0 bridgehead atoms. The van der Waals surface area contributed by atoms with Gasteiger partial charge in [-0.2, -0.15) is 0 Å². The predicted molar refractivity (Wildman–Crippen MR) is 63.6 cm³/mol. The Kier molecular flexibility index (Phi) is 7.98. The van der Waals surface area contributed by atoms with E-state index >= 15 is 0 Å². The number of carbonyl (C=O) groups is 2. The second-order valence-corrected chi connectivity index (χ2v) is 4.04. The van der Waals surface area contributed by atoms with Crippen LogP contribution in [0.4, 0.5) is 0 Å². The van der Waals surface area contributed by atoms with Crippen LogP contribution in [0.1, 0.15) is 19.8 Å². The lowest BCUT2D eigenvalue weighted by molar-refractivity contribution is -0.156. The van der Waals surface area contributed by atoms with Crippen LogP contribution in [0.25, 0.3) is 0 Å². The highest BCUT2D eigenvalue weighted by atomic mass is 16.5. The lowest BCUT2D eigenvalue weighted by atomic mass is 9.92. The van der Waals surface area contributed by atoms with E-state index in [9.17, 15) is 19.8 Å². The molecular formula is C12H20O6. The maximum Gasteiger partial charge on any atom is 0.330 e. The molecule has 6 heteroatoms. The van der Waals surface area contributed by atoms with Crippen molar-refractivity contribution in [3.63, 3.8) is 0 Å². The number of carbonyl (C=O) groups excluding carboxylic acids is 2. The third-order valence-electron chi connectivity index (χ3n) is 2.35. The van der Waals surface area contributed by atoms with Crippen LogP contribution in [0.2, 0.25) is 0 Å². The molecule has 2 N–H and O–H groups in total. The maximum atomic E-state index is 11.2. The summed E-state index contributed by atoms with van der Waals surface area (Å²) in [6.07, 6.45) is 1.89. The summed E-state index contributed by atoms with van der Waals surface area (Å²) in [5, 5.41) is 18.5. The van der Waals surface area contributed by atoms with Gasteiger partial charge in [0.05, 0.1) is 18.6 Å². The van der Waals surface area contributed by atoms with Gasteiger partial charge < -0.3 is 19.7 Å². The topological polar surface area (TPSA) is 93.1 Å². The fraction of sp³-hybridized carbons (Fsp3) is 0.667. The van der Waals surface area contributed by atoms with Gasteiger partial charge in [-0.05, 0) is 6.42 Å². The van der Waals surface area contributed by atoms with Gasteiger partial charge in [-0.1, -0.05) is 13.5 Å². The van der Waals surface area contributed by atoms with Gasteiger partial charge in [0.15, 0.2) is 0 Å². The lowest BCUT2D eigenvalue weighted by Crippen LogP contribution is -2.41. The number of aliphatic hydroxyl groups is 2. The SMILES string of the molecule is C=CC(=O)OCC(CO)(CO)COC(=O)CCC. The van der Waals surface area contributed by atoms with Gasteiger partial charge in [-0.25, -0.2) is 4.79 Å². The van der Waals surface area contributed by atoms with Gasteiger partial charge in [-0.3, -0.25) is 4.79 Å². The van der Waals surface area contributed by atoms with Crippen molar-refractivity contribution in [3.8, 4) is 0 Å². The molecule has 0 radical (unpaired) electrons. The highest BCUT2D eigenvalue weighted by Gasteiger charge is 2.32. The maximum absolute atomic E-state index is 11.2. The third kappa shape index (κ3) is 5.79. The molecule has 0 saturated heterocycles. The van der Waals surface area contributed by atoms with Crippen LogP contribution in [0.3, 0.4) is 0 Å². The van der Waals surface area contributed by atoms with Gasteiger partial charge in [-0.15, -0.1) is 0 Å².